The minimum absolute atomic E-state index is 0.742. The second-order valence-corrected chi connectivity index (χ2v) is 4.39. The summed E-state index contributed by atoms with van der Waals surface area (Å²) in [6.45, 7) is 2.88. The Morgan fingerprint density at radius 2 is 2.64 bits per heavy atom. The van der Waals surface area contributed by atoms with Crippen LogP contribution in [0.3, 0.4) is 0 Å². The van der Waals surface area contributed by atoms with E-state index in [4.69, 9.17) is 5.73 Å². The van der Waals surface area contributed by atoms with Crippen molar-refractivity contribution in [2.24, 2.45) is 11.7 Å². The molecule has 1 saturated carbocycles. The fraction of sp³-hybridized carbons (Fsp3) is 0.625. The molecule has 1 aliphatic rings. The maximum Gasteiger partial charge on any atom is 0.0896 e. The predicted octanol–water partition coefficient (Wildman–Crippen LogP) is 1.51. The smallest absolute Gasteiger partial charge is 0.0896 e. The second-order valence-electron chi connectivity index (χ2n) is 3.12. The summed E-state index contributed by atoms with van der Waals surface area (Å²) in [5.74, 6) is 1.49. The van der Waals surface area contributed by atoms with E-state index >= 15 is 0 Å². The van der Waals surface area contributed by atoms with Crippen molar-refractivity contribution in [1.82, 2.24) is 4.98 Å². The summed E-state index contributed by atoms with van der Waals surface area (Å²) in [6.07, 6.45) is 3.28. The third-order valence-corrected chi connectivity index (χ3v) is 3.27. The molecule has 2 atom stereocenters. The highest BCUT2D eigenvalue weighted by atomic mass is 32.1. The first-order valence-electron chi connectivity index (χ1n) is 3.93. The molecule has 0 bridgehead atoms. The molecule has 2 N–H and O–H groups in total. The van der Waals surface area contributed by atoms with Crippen LogP contribution < -0.4 is 5.73 Å². The third kappa shape index (κ3) is 1.30. The minimum atomic E-state index is 0.742. The van der Waals surface area contributed by atoms with E-state index in [1.165, 1.54) is 16.3 Å². The number of aromatic nitrogens is 1. The fourth-order valence-electron chi connectivity index (χ4n) is 1.41. The lowest BCUT2D eigenvalue weighted by Gasteiger charge is -1.89. The lowest BCUT2D eigenvalue weighted by molar-refractivity contribution is 0.814. The van der Waals surface area contributed by atoms with Gasteiger partial charge in [-0.1, -0.05) is 0 Å². The quantitative estimate of drug-likeness (QED) is 0.727. The second kappa shape index (κ2) is 2.57. The Kier molecular flexibility index (Phi) is 1.69. The highest BCUT2D eigenvalue weighted by molar-refractivity contribution is 7.11. The van der Waals surface area contributed by atoms with Crippen molar-refractivity contribution in [3.8, 4) is 0 Å². The van der Waals surface area contributed by atoms with Crippen LogP contribution in [0, 0.1) is 12.8 Å². The van der Waals surface area contributed by atoms with E-state index in [1.807, 2.05) is 24.5 Å². The van der Waals surface area contributed by atoms with Crippen molar-refractivity contribution in [2.45, 2.75) is 19.3 Å². The Morgan fingerprint density at radius 1 is 1.82 bits per heavy atom. The molecule has 2 rings (SSSR count). The van der Waals surface area contributed by atoms with Crippen LogP contribution in [0.5, 0.6) is 0 Å². The highest BCUT2D eigenvalue weighted by Crippen LogP contribution is 2.48. The molecule has 0 amide bonds. The summed E-state index contributed by atoms with van der Waals surface area (Å²) >= 11 is 1.81. The molecular formula is C8H12N2S. The van der Waals surface area contributed by atoms with Crippen LogP contribution in [0.4, 0.5) is 0 Å². The molecule has 0 saturated heterocycles. The van der Waals surface area contributed by atoms with Gasteiger partial charge in [0.15, 0.2) is 0 Å². The lowest BCUT2D eigenvalue weighted by Crippen LogP contribution is -2.01. The number of aryl methyl sites for hydroxylation is 1. The molecule has 1 aliphatic carbocycles. The average molecular weight is 168 g/mol. The normalized spacial score (nSPS) is 28.9. The van der Waals surface area contributed by atoms with Crippen molar-refractivity contribution in [3.05, 3.63) is 16.1 Å². The monoisotopic (exact) mass is 168 g/mol. The molecular weight excluding hydrogens is 156 g/mol. The fourth-order valence-corrected chi connectivity index (χ4v) is 2.40. The predicted molar refractivity (Wildman–Crippen MR) is 46.8 cm³/mol. The van der Waals surface area contributed by atoms with Crippen molar-refractivity contribution >= 4 is 11.3 Å². The largest absolute Gasteiger partial charge is 0.330 e. The molecule has 0 radical (unpaired) electrons. The number of hydrogen-bond donors (Lipinski definition) is 1. The van der Waals surface area contributed by atoms with Crippen molar-refractivity contribution in [1.29, 1.82) is 0 Å². The third-order valence-electron chi connectivity index (χ3n) is 2.23. The Balaban J connectivity index is 2.08. The number of rotatable bonds is 2. The van der Waals surface area contributed by atoms with Crippen LogP contribution in [-0.4, -0.2) is 11.5 Å². The van der Waals surface area contributed by atoms with E-state index in [9.17, 15) is 0 Å². The number of thiazole rings is 1. The Bertz CT molecular complexity index is 256. The molecule has 1 aromatic rings. The Morgan fingerprint density at radius 3 is 3.09 bits per heavy atom. The molecule has 1 heterocycles. The summed E-state index contributed by atoms with van der Waals surface area (Å²) in [5.41, 5.74) is 5.55. The molecule has 0 aliphatic heterocycles. The number of nitrogens with zero attached hydrogens (tertiary/aromatic N) is 1. The van der Waals surface area contributed by atoms with Crippen LogP contribution in [0.2, 0.25) is 0 Å². The van der Waals surface area contributed by atoms with Gasteiger partial charge in [0.2, 0.25) is 0 Å². The molecule has 60 valence electrons. The summed E-state index contributed by atoms with van der Waals surface area (Å²) in [7, 11) is 0. The SMILES string of the molecule is Cc1ncc([C@@H]2C[C@H]2CN)s1. The van der Waals surface area contributed by atoms with Crippen molar-refractivity contribution in [3.63, 3.8) is 0 Å². The van der Waals surface area contributed by atoms with Gasteiger partial charge in [-0.25, -0.2) is 4.98 Å². The van der Waals surface area contributed by atoms with Gasteiger partial charge in [-0.3, -0.25) is 0 Å². The first-order chi connectivity index (χ1) is 5.31. The van der Waals surface area contributed by atoms with Gasteiger partial charge in [0.05, 0.1) is 5.01 Å². The van der Waals surface area contributed by atoms with E-state index in [0.29, 0.717) is 0 Å². The van der Waals surface area contributed by atoms with E-state index in [0.717, 1.165) is 18.4 Å². The van der Waals surface area contributed by atoms with Crippen molar-refractivity contribution in [2.75, 3.05) is 6.54 Å². The lowest BCUT2D eigenvalue weighted by atomic mass is 10.3. The molecule has 1 aromatic heterocycles. The zero-order valence-corrected chi connectivity index (χ0v) is 7.40. The highest BCUT2D eigenvalue weighted by Gasteiger charge is 2.38. The van der Waals surface area contributed by atoms with E-state index in [2.05, 4.69) is 4.98 Å². The zero-order valence-electron chi connectivity index (χ0n) is 6.58. The standard InChI is InChI=1S/C8H12N2S/c1-5-10-4-8(11-5)7-2-6(7)3-9/h4,6-7H,2-3,9H2,1H3/t6-,7+/m0/s1. The van der Waals surface area contributed by atoms with Gasteiger partial charge in [-0.15, -0.1) is 11.3 Å². The van der Waals surface area contributed by atoms with Gasteiger partial charge in [-0.05, 0) is 31.7 Å². The molecule has 11 heavy (non-hydrogen) atoms. The molecule has 1 fully saturated rings. The molecule has 0 unspecified atom stereocenters. The topological polar surface area (TPSA) is 38.9 Å². The summed E-state index contributed by atoms with van der Waals surface area (Å²) in [4.78, 5) is 5.65. The number of hydrogen-bond acceptors (Lipinski definition) is 3. The Labute approximate surface area is 70.5 Å². The first kappa shape index (κ1) is 7.25. The van der Waals surface area contributed by atoms with Crippen LogP contribution >= 0.6 is 11.3 Å². The van der Waals surface area contributed by atoms with E-state index in [-0.39, 0.29) is 0 Å². The summed E-state index contributed by atoms with van der Waals surface area (Å²) < 4.78 is 0. The average Bonchev–Trinajstić information content (AvgIpc) is 2.68. The van der Waals surface area contributed by atoms with E-state index < -0.39 is 0 Å². The van der Waals surface area contributed by atoms with Crippen LogP contribution in [0.25, 0.3) is 0 Å². The molecule has 3 heteroatoms. The van der Waals surface area contributed by atoms with Crippen LogP contribution in [0.1, 0.15) is 22.2 Å². The van der Waals surface area contributed by atoms with Crippen molar-refractivity contribution < 1.29 is 0 Å². The van der Waals surface area contributed by atoms with Gasteiger partial charge < -0.3 is 5.73 Å². The van der Waals surface area contributed by atoms with Crippen LogP contribution in [-0.2, 0) is 0 Å². The molecule has 2 nitrogen and oxygen atoms in total. The molecule has 0 aromatic carbocycles. The number of nitrogens with two attached hydrogens (primary N) is 1. The minimum Gasteiger partial charge on any atom is -0.330 e. The van der Waals surface area contributed by atoms with Gasteiger partial charge in [-0.2, -0.15) is 0 Å². The maximum atomic E-state index is 5.55. The van der Waals surface area contributed by atoms with Gasteiger partial charge in [0, 0.05) is 11.1 Å². The van der Waals surface area contributed by atoms with Gasteiger partial charge in [0.25, 0.3) is 0 Å². The zero-order chi connectivity index (χ0) is 7.84. The summed E-state index contributed by atoms with van der Waals surface area (Å²) in [5, 5.41) is 1.17. The summed E-state index contributed by atoms with van der Waals surface area (Å²) in [6, 6.07) is 0. The Hall–Kier alpha value is -0.410. The molecule has 0 spiro atoms. The maximum absolute atomic E-state index is 5.55. The van der Waals surface area contributed by atoms with Gasteiger partial charge >= 0.3 is 0 Å². The van der Waals surface area contributed by atoms with Gasteiger partial charge in [0.1, 0.15) is 0 Å². The van der Waals surface area contributed by atoms with Crippen LogP contribution in [0.15, 0.2) is 6.20 Å². The first-order valence-corrected chi connectivity index (χ1v) is 4.75. The van der Waals surface area contributed by atoms with E-state index in [1.54, 1.807) is 0 Å².